The Morgan fingerprint density at radius 1 is 1.26 bits per heavy atom. The average molecular weight is 316 g/mol. The first kappa shape index (κ1) is 17.1. The van der Waals surface area contributed by atoms with Crippen LogP contribution in [0.25, 0.3) is 0 Å². The molecule has 0 spiro atoms. The first-order chi connectivity index (χ1) is 11.1. The molecule has 6 nitrogen and oxygen atoms in total. The summed E-state index contributed by atoms with van der Waals surface area (Å²) in [6.45, 7) is 3.50. The van der Waals surface area contributed by atoms with E-state index in [0.717, 1.165) is 37.2 Å². The number of benzene rings is 1. The molecule has 0 aliphatic carbocycles. The molecule has 0 saturated heterocycles. The predicted molar refractivity (Wildman–Crippen MR) is 87.9 cm³/mol. The van der Waals surface area contributed by atoms with Crippen molar-refractivity contribution in [2.75, 3.05) is 14.1 Å². The predicted octanol–water partition coefficient (Wildman–Crippen LogP) is 2.40. The van der Waals surface area contributed by atoms with E-state index in [9.17, 15) is 4.79 Å². The number of nitrogens with one attached hydrogen (secondary N) is 1. The van der Waals surface area contributed by atoms with Gasteiger partial charge in [0.25, 0.3) is 5.91 Å². The Bertz CT molecular complexity index is 622. The van der Waals surface area contributed by atoms with E-state index in [-0.39, 0.29) is 5.91 Å². The van der Waals surface area contributed by atoms with Gasteiger partial charge in [-0.15, -0.1) is 0 Å². The molecule has 0 fully saturated rings. The highest BCUT2D eigenvalue weighted by molar-refractivity contribution is 5.93. The molecule has 1 amide bonds. The van der Waals surface area contributed by atoms with Crippen molar-refractivity contribution in [3.8, 4) is 0 Å². The monoisotopic (exact) mass is 316 g/mol. The summed E-state index contributed by atoms with van der Waals surface area (Å²) in [5.41, 5.74) is 1.79. The summed E-state index contributed by atoms with van der Waals surface area (Å²) < 4.78 is 5.28. The molecule has 0 aliphatic heterocycles. The third-order valence-electron chi connectivity index (χ3n) is 3.56. The number of aromatic nitrogens is 2. The first-order valence-electron chi connectivity index (χ1n) is 7.93. The summed E-state index contributed by atoms with van der Waals surface area (Å²) >= 11 is 0. The maximum Gasteiger partial charge on any atom is 0.251 e. The summed E-state index contributed by atoms with van der Waals surface area (Å²) in [5, 5.41) is 6.61. The molecule has 1 heterocycles. The lowest BCUT2D eigenvalue weighted by Gasteiger charge is -2.14. The number of rotatable bonds is 8. The molecular weight excluding hydrogens is 292 g/mol. The molecule has 1 aromatic heterocycles. The van der Waals surface area contributed by atoms with E-state index in [0.29, 0.717) is 18.0 Å². The van der Waals surface area contributed by atoms with E-state index in [2.05, 4.69) is 27.3 Å². The van der Waals surface area contributed by atoms with Crippen molar-refractivity contribution in [2.24, 2.45) is 0 Å². The van der Waals surface area contributed by atoms with Crippen LogP contribution in [0, 0.1) is 0 Å². The Hall–Kier alpha value is -2.21. The van der Waals surface area contributed by atoms with Crippen LogP contribution in [0.5, 0.6) is 0 Å². The van der Waals surface area contributed by atoms with E-state index >= 15 is 0 Å². The first-order valence-corrected chi connectivity index (χ1v) is 7.93. The number of aryl methyl sites for hydroxylation is 1. The lowest BCUT2D eigenvalue weighted by Crippen LogP contribution is -2.19. The maximum absolute atomic E-state index is 11.5. The molecule has 1 N–H and O–H groups in total. The van der Waals surface area contributed by atoms with Crippen molar-refractivity contribution in [1.82, 2.24) is 20.4 Å². The molecule has 0 atom stereocenters. The molecule has 0 radical (unpaired) electrons. The Morgan fingerprint density at radius 2 is 2.00 bits per heavy atom. The van der Waals surface area contributed by atoms with Gasteiger partial charge in [0.05, 0.1) is 6.54 Å². The molecule has 0 unspecified atom stereocenters. The van der Waals surface area contributed by atoms with Gasteiger partial charge in [0.15, 0.2) is 5.82 Å². The zero-order chi connectivity index (χ0) is 16.7. The topological polar surface area (TPSA) is 71.3 Å². The Kier molecular flexibility index (Phi) is 6.29. The van der Waals surface area contributed by atoms with Gasteiger partial charge in [-0.25, -0.2) is 0 Å². The highest BCUT2D eigenvalue weighted by Gasteiger charge is 2.10. The van der Waals surface area contributed by atoms with Crippen LogP contribution in [0.4, 0.5) is 0 Å². The minimum Gasteiger partial charge on any atom is -0.355 e. The number of carbonyl (C=O) groups is 1. The van der Waals surface area contributed by atoms with Gasteiger partial charge in [0, 0.05) is 25.6 Å². The largest absolute Gasteiger partial charge is 0.355 e. The van der Waals surface area contributed by atoms with Crippen molar-refractivity contribution >= 4 is 5.91 Å². The number of unbranched alkanes of at least 4 members (excludes halogenated alkanes) is 1. The van der Waals surface area contributed by atoms with Crippen LogP contribution in [0.3, 0.4) is 0 Å². The van der Waals surface area contributed by atoms with Crippen LogP contribution >= 0.6 is 0 Å². The zero-order valence-corrected chi connectivity index (χ0v) is 14.0. The van der Waals surface area contributed by atoms with Gasteiger partial charge in [0.2, 0.25) is 5.89 Å². The van der Waals surface area contributed by atoms with Crippen molar-refractivity contribution in [3.05, 3.63) is 47.1 Å². The minimum absolute atomic E-state index is 0.0737. The van der Waals surface area contributed by atoms with Crippen LogP contribution in [-0.4, -0.2) is 35.0 Å². The number of amides is 1. The standard InChI is InChI=1S/C17H24N4O2/c1-4-5-6-15-19-16(23-20-15)12-21(3)11-13-7-9-14(10-8-13)17(22)18-2/h7-10H,4-6,11-12H2,1-3H3,(H,18,22). The second-order valence-electron chi connectivity index (χ2n) is 5.66. The second kappa shape index (κ2) is 8.43. The van der Waals surface area contributed by atoms with Gasteiger partial charge in [0.1, 0.15) is 0 Å². The Labute approximate surface area is 136 Å². The lowest BCUT2D eigenvalue weighted by atomic mass is 10.1. The summed E-state index contributed by atoms with van der Waals surface area (Å²) in [5.74, 6) is 1.35. The molecular formula is C17H24N4O2. The van der Waals surface area contributed by atoms with E-state index in [4.69, 9.17) is 4.52 Å². The quantitative estimate of drug-likeness (QED) is 0.810. The summed E-state index contributed by atoms with van der Waals surface area (Å²) in [4.78, 5) is 18.0. The van der Waals surface area contributed by atoms with Gasteiger partial charge < -0.3 is 9.84 Å². The van der Waals surface area contributed by atoms with E-state index < -0.39 is 0 Å². The van der Waals surface area contributed by atoms with Gasteiger partial charge in [-0.3, -0.25) is 9.69 Å². The third-order valence-corrected chi connectivity index (χ3v) is 3.56. The zero-order valence-electron chi connectivity index (χ0n) is 14.0. The fraction of sp³-hybridized carbons (Fsp3) is 0.471. The smallest absolute Gasteiger partial charge is 0.251 e. The molecule has 0 aliphatic rings. The van der Waals surface area contributed by atoms with Gasteiger partial charge >= 0.3 is 0 Å². The van der Waals surface area contributed by atoms with Crippen molar-refractivity contribution < 1.29 is 9.32 Å². The molecule has 6 heteroatoms. The Balaban J connectivity index is 1.87. The van der Waals surface area contributed by atoms with Crippen LogP contribution in [-0.2, 0) is 19.5 Å². The second-order valence-corrected chi connectivity index (χ2v) is 5.66. The van der Waals surface area contributed by atoms with Gasteiger partial charge in [-0.1, -0.05) is 30.6 Å². The fourth-order valence-electron chi connectivity index (χ4n) is 2.30. The normalized spacial score (nSPS) is 11.0. The minimum atomic E-state index is -0.0737. The van der Waals surface area contributed by atoms with E-state index in [1.54, 1.807) is 7.05 Å². The molecule has 0 saturated carbocycles. The maximum atomic E-state index is 11.5. The van der Waals surface area contributed by atoms with Crippen LogP contribution in [0.2, 0.25) is 0 Å². The molecule has 2 rings (SSSR count). The van der Waals surface area contributed by atoms with Gasteiger partial charge in [-0.2, -0.15) is 4.98 Å². The van der Waals surface area contributed by atoms with E-state index in [1.807, 2.05) is 31.3 Å². The molecule has 23 heavy (non-hydrogen) atoms. The van der Waals surface area contributed by atoms with Crippen LogP contribution < -0.4 is 5.32 Å². The van der Waals surface area contributed by atoms with Crippen molar-refractivity contribution in [2.45, 2.75) is 39.3 Å². The SMILES string of the molecule is CCCCc1noc(CN(C)Cc2ccc(C(=O)NC)cc2)n1. The summed E-state index contributed by atoms with van der Waals surface area (Å²) in [6, 6.07) is 7.58. The number of hydrogen-bond donors (Lipinski definition) is 1. The summed E-state index contributed by atoms with van der Waals surface area (Å²) in [7, 11) is 3.63. The lowest BCUT2D eigenvalue weighted by molar-refractivity contribution is 0.0963. The van der Waals surface area contributed by atoms with Crippen LogP contribution in [0.15, 0.2) is 28.8 Å². The molecule has 1 aromatic carbocycles. The van der Waals surface area contributed by atoms with Gasteiger partial charge in [-0.05, 0) is 31.2 Å². The van der Waals surface area contributed by atoms with Crippen molar-refractivity contribution in [3.63, 3.8) is 0 Å². The molecule has 124 valence electrons. The number of carbonyl (C=O) groups excluding carboxylic acids is 1. The van der Waals surface area contributed by atoms with E-state index in [1.165, 1.54) is 0 Å². The average Bonchev–Trinajstić information content (AvgIpc) is 3.00. The highest BCUT2D eigenvalue weighted by atomic mass is 16.5. The third kappa shape index (κ3) is 5.17. The van der Waals surface area contributed by atoms with Crippen LogP contribution in [0.1, 0.15) is 47.4 Å². The Morgan fingerprint density at radius 3 is 2.65 bits per heavy atom. The number of nitrogens with zero attached hydrogens (tertiary/aromatic N) is 3. The molecule has 2 aromatic rings. The number of hydrogen-bond acceptors (Lipinski definition) is 5. The fourth-order valence-corrected chi connectivity index (χ4v) is 2.30. The van der Waals surface area contributed by atoms with Crippen molar-refractivity contribution in [1.29, 1.82) is 0 Å². The molecule has 0 bridgehead atoms. The highest BCUT2D eigenvalue weighted by Crippen LogP contribution is 2.10. The summed E-state index contributed by atoms with van der Waals surface area (Å²) in [6.07, 6.45) is 3.06.